The van der Waals surface area contributed by atoms with E-state index >= 15 is 0 Å². The van der Waals surface area contributed by atoms with E-state index < -0.39 is 5.97 Å². The molecule has 3 heterocycles. The molecule has 0 aliphatic heterocycles. The Balaban J connectivity index is 1.55. The lowest BCUT2D eigenvalue weighted by atomic mass is 10.1. The van der Waals surface area contributed by atoms with Crippen LogP contribution in [0.5, 0.6) is 0 Å². The van der Waals surface area contributed by atoms with E-state index in [4.69, 9.17) is 4.74 Å². The van der Waals surface area contributed by atoms with Crippen LogP contribution in [0.2, 0.25) is 0 Å². The quantitative estimate of drug-likeness (QED) is 0.412. The topological polar surface area (TPSA) is 89.4 Å². The SMILES string of the molecule is N#Cc1c(COC(=O)c2nn(-c3ccccc3)c(=O)c3ccccc23)cn2ccccc12. The number of nitriles is 1. The predicted molar refractivity (Wildman–Crippen MR) is 119 cm³/mol. The maximum absolute atomic E-state index is 13.1. The summed E-state index contributed by atoms with van der Waals surface area (Å²) in [5.41, 5.74) is 2.03. The summed E-state index contributed by atoms with van der Waals surface area (Å²) in [4.78, 5) is 26.0. The van der Waals surface area contributed by atoms with E-state index in [1.807, 2.05) is 34.9 Å². The van der Waals surface area contributed by atoms with Crippen LogP contribution in [0.4, 0.5) is 0 Å². The normalized spacial score (nSPS) is 10.8. The molecule has 7 heteroatoms. The minimum Gasteiger partial charge on any atom is -0.456 e. The van der Waals surface area contributed by atoms with Crippen molar-refractivity contribution >= 4 is 22.3 Å². The predicted octanol–water partition coefficient (Wildman–Crippen LogP) is 3.87. The van der Waals surface area contributed by atoms with Gasteiger partial charge in [0.05, 0.1) is 22.2 Å². The number of aromatic nitrogens is 3. The second-order valence-electron chi connectivity index (χ2n) is 7.16. The number of pyridine rings is 1. The van der Waals surface area contributed by atoms with E-state index in [0.29, 0.717) is 27.6 Å². The van der Waals surface area contributed by atoms with E-state index in [1.54, 1.807) is 54.7 Å². The fourth-order valence-corrected chi connectivity index (χ4v) is 3.71. The molecule has 0 aliphatic rings. The van der Waals surface area contributed by atoms with Gasteiger partial charge in [-0.15, -0.1) is 0 Å². The molecule has 0 saturated carbocycles. The Morgan fingerprint density at radius 3 is 2.47 bits per heavy atom. The molecule has 154 valence electrons. The maximum atomic E-state index is 13.1. The van der Waals surface area contributed by atoms with Crippen LogP contribution < -0.4 is 5.56 Å². The number of rotatable bonds is 4. The summed E-state index contributed by atoms with van der Waals surface area (Å²) in [6, 6.07) is 23.4. The first-order valence-corrected chi connectivity index (χ1v) is 9.90. The van der Waals surface area contributed by atoms with Gasteiger partial charge in [0.15, 0.2) is 5.69 Å². The van der Waals surface area contributed by atoms with E-state index in [1.165, 1.54) is 4.68 Å². The molecule has 7 nitrogen and oxygen atoms in total. The van der Waals surface area contributed by atoms with E-state index in [0.717, 1.165) is 5.52 Å². The lowest BCUT2D eigenvalue weighted by molar-refractivity contribution is 0.0466. The monoisotopic (exact) mass is 420 g/mol. The Morgan fingerprint density at radius 2 is 1.69 bits per heavy atom. The second kappa shape index (κ2) is 7.85. The Bertz CT molecular complexity index is 1580. The lowest BCUT2D eigenvalue weighted by Crippen LogP contribution is -2.25. The highest BCUT2D eigenvalue weighted by Gasteiger charge is 2.20. The third-order valence-corrected chi connectivity index (χ3v) is 5.23. The van der Waals surface area contributed by atoms with Crippen LogP contribution in [0, 0.1) is 11.3 Å². The number of hydrogen-bond acceptors (Lipinski definition) is 5. The Hall–Kier alpha value is -4.70. The number of esters is 1. The minimum absolute atomic E-state index is 0.0336. The molecular weight excluding hydrogens is 404 g/mol. The van der Waals surface area contributed by atoms with Gasteiger partial charge in [-0.1, -0.05) is 42.5 Å². The van der Waals surface area contributed by atoms with Gasteiger partial charge in [-0.25, -0.2) is 4.79 Å². The van der Waals surface area contributed by atoms with Crippen LogP contribution in [0.25, 0.3) is 22.0 Å². The fraction of sp³-hybridized carbons (Fsp3) is 0.0400. The summed E-state index contributed by atoms with van der Waals surface area (Å²) >= 11 is 0. The van der Waals surface area contributed by atoms with Gasteiger partial charge in [0, 0.05) is 23.3 Å². The molecule has 3 aromatic heterocycles. The van der Waals surface area contributed by atoms with Crippen molar-refractivity contribution in [3.63, 3.8) is 0 Å². The molecule has 0 N–H and O–H groups in total. The average Bonchev–Trinajstić information content (AvgIpc) is 3.21. The van der Waals surface area contributed by atoms with Crippen LogP contribution in [-0.4, -0.2) is 20.2 Å². The number of para-hydroxylation sites is 1. The smallest absolute Gasteiger partial charge is 0.359 e. The third kappa shape index (κ3) is 3.20. The number of hydrogen-bond donors (Lipinski definition) is 0. The molecule has 0 atom stereocenters. The number of nitrogens with zero attached hydrogens (tertiary/aromatic N) is 4. The van der Waals surface area contributed by atoms with Crippen LogP contribution in [0.15, 0.2) is 90.0 Å². The zero-order valence-electron chi connectivity index (χ0n) is 16.8. The zero-order chi connectivity index (χ0) is 22.1. The van der Waals surface area contributed by atoms with Crippen LogP contribution in [-0.2, 0) is 11.3 Å². The second-order valence-corrected chi connectivity index (χ2v) is 7.16. The fourth-order valence-electron chi connectivity index (χ4n) is 3.71. The molecule has 0 fully saturated rings. The Morgan fingerprint density at radius 1 is 0.969 bits per heavy atom. The first-order valence-electron chi connectivity index (χ1n) is 9.90. The van der Waals surface area contributed by atoms with Gasteiger partial charge in [-0.3, -0.25) is 4.79 Å². The van der Waals surface area contributed by atoms with Gasteiger partial charge < -0.3 is 9.14 Å². The largest absolute Gasteiger partial charge is 0.456 e. The van der Waals surface area contributed by atoms with Crippen LogP contribution in [0.1, 0.15) is 21.6 Å². The van der Waals surface area contributed by atoms with Crippen molar-refractivity contribution in [2.24, 2.45) is 0 Å². The van der Waals surface area contributed by atoms with Gasteiger partial charge >= 0.3 is 5.97 Å². The van der Waals surface area contributed by atoms with Crippen molar-refractivity contribution < 1.29 is 9.53 Å². The van der Waals surface area contributed by atoms with Gasteiger partial charge in [-0.2, -0.15) is 15.0 Å². The average molecular weight is 420 g/mol. The molecule has 5 aromatic rings. The van der Waals surface area contributed by atoms with Crippen LogP contribution >= 0.6 is 0 Å². The molecule has 5 rings (SSSR count). The summed E-state index contributed by atoms with van der Waals surface area (Å²) in [5, 5.41) is 14.7. The zero-order valence-corrected chi connectivity index (χ0v) is 16.8. The van der Waals surface area contributed by atoms with Crippen molar-refractivity contribution in [1.82, 2.24) is 14.2 Å². The number of carbonyl (C=O) groups excluding carboxylic acids is 1. The van der Waals surface area contributed by atoms with E-state index in [-0.39, 0.29) is 17.9 Å². The summed E-state index contributed by atoms with van der Waals surface area (Å²) < 4.78 is 8.55. The first kappa shape index (κ1) is 19.3. The highest BCUT2D eigenvalue weighted by Crippen LogP contribution is 2.20. The number of benzene rings is 2. The molecule has 2 aromatic carbocycles. The standard InChI is InChI=1S/C25H16N4O3/c26-14-21-17(15-28-13-7-6-12-22(21)28)16-32-25(31)23-19-10-4-5-11-20(19)24(30)29(27-23)18-8-2-1-3-9-18/h1-13,15H,16H2. The summed E-state index contributed by atoms with van der Waals surface area (Å²) in [6.07, 6.45) is 3.59. The van der Waals surface area contributed by atoms with Gasteiger partial charge in [0.1, 0.15) is 12.7 Å². The first-order chi connectivity index (χ1) is 15.7. The Labute approximate surface area is 182 Å². The highest BCUT2D eigenvalue weighted by atomic mass is 16.5. The van der Waals surface area contributed by atoms with Crippen molar-refractivity contribution in [3.05, 3.63) is 112 Å². The van der Waals surface area contributed by atoms with E-state index in [2.05, 4.69) is 11.2 Å². The maximum Gasteiger partial charge on any atom is 0.359 e. The van der Waals surface area contributed by atoms with Crippen molar-refractivity contribution in [2.75, 3.05) is 0 Å². The van der Waals surface area contributed by atoms with Crippen LogP contribution in [0.3, 0.4) is 0 Å². The molecular formula is C25H16N4O3. The summed E-state index contributed by atoms with van der Waals surface area (Å²) in [7, 11) is 0. The molecule has 0 bridgehead atoms. The molecule has 0 radical (unpaired) electrons. The molecule has 0 amide bonds. The molecule has 0 saturated heterocycles. The molecule has 0 unspecified atom stereocenters. The number of ether oxygens (including phenoxy) is 1. The minimum atomic E-state index is -0.676. The van der Waals surface area contributed by atoms with E-state index in [9.17, 15) is 14.9 Å². The van der Waals surface area contributed by atoms with Gasteiger partial charge in [0.2, 0.25) is 0 Å². The third-order valence-electron chi connectivity index (χ3n) is 5.23. The van der Waals surface area contributed by atoms with Gasteiger partial charge in [0.25, 0.3) is 5.56 Å². The molecule has 0 spiro atoms. The Kier molecular flexibility index (Phi) is 4.73. The molecule has 32 heavy (non-hydrogen) atoms. The number of carbonyl (C=O) groups is 1. The lowest BCUT2D eigenvalue weighted by Gasteiger charge is -2.11. The van der Waals surface area contributed by atoms with Crippen molar-refractivity contribution in [1.29, 1.82) is 5.26 Å². The van der Waals surface area contributed by atoms with Gasteiger partial charge in [-0.05, 0) is 30.3 Å². The highest BCUT2D eigenvalue weighted by molar-refractivity contribution is 6.02. The number of fused-ring (bicyclic) bond motifs is 2. The summed E-state index contributed by atoms with van der Waals surface area (Å²) in [5.74, 6) is -0.676. The van der Waals surface area contributed by atoms with Crippen molar-refractivity contribution in [3.8, 4) is 11.8 Å². The van der Waals surface area contributed by atoms with Crippen molar-refractivity contribution in [2.45, 2.75) is 6.61 Å². The molecule has 0 aliphatic carbocycles. The summed E-state index contributed by atoms with van der Waals surface area (Å²) in [6.45, 7) is -0.0934.